The largest absolute Gasteiger partial charge is 0.423 e. The summed E-state index contributed by atoms with van der Waals surface area (Å²) in [6, 6.07) is 3.32. The molecule has 0 aromatic carbocycles. The maximum atomic E-state index is 12.4. The predicted molar refractivity (Wildman–Crippen MR) is 70.8 cm³/mol. The zero-order valence-corrected chi connectivity index (χ0v) is 12.4. The first-order valence-electron chi connectivity index (χ1n) is 6.02. The molecule has 0 radical (unpaired) electrons. The van der Waals surface area contributed by atoms with Gasteiger partial charge in [0.25, 0.3) is 10.0 Å². The van der Waals surface area contributed by atoms with Crippen molar-refractivity contribution in [2.24, 2.45) is 0 Å². The van der Waals surface area contributed by atoms with Crippen LogP contribution in [0.5, 0.6) is 0 Å². The van der Waals surface area contributed by atoms with Crippen molar-refractivity contribution in [2.45, 2.75) is 17.2 Å². The van der Waals surface area contributed by atoms with Crippen molar-refractivity contribution in [2.75, 3.05) is 19.7 Å². The van der Waals surface area contributed by atoms with E-state index >= 15 is 0 Å². The molecule has 9 heteroatoms. The Labute approximate surface area is 120 Å². The average molecular weight is 315 g/mol. The lowest BCUT2D eigenvalue weighted by atomic mass is 10.3. The monoisotopic (exact) mass is 315 g/mol. The van der Waals surface area contributed by atoms with E-state index in [4.69, 9.17) is 9.15 Å². The molecule has 1 aliphatic rings. The summed E-state index contributed by atoms with van der Waals surface area (Å²) in [6.07, 6.45) is -0.514. The molecule has 0 bridgehead atoms. The van der Waals surface area contributed by atoms with Gasteiger partial charge >= 0.3 is 0 Å². The van der Waals surface area contributed by atoms with Gasteiger partial charge in [0.2, 0.25) is 11.8 Å². The van der Waals surface area contributed by atoms with E-state index in [0.29, 0.717) is 29.1 Å². The van der Waals surface area contributed by atoms with Gasteiger partial charge in [-0.15, -0.1) is 21.5 Å². The lowest BCUT2D eigenvalue weighted by Crippen LogP contribution is -2.42. The number of sulfonamides is 1. The highest BCUT2D eigenvalue weighted by Gasteiger charge is 2.34. The van der Waals surface area contributed by atoms with Crippen LogP contribution >= 0.6 is 11.3 Å². The Kier molecular flexibility index (Phi) is 3.59. The number of hydrogen-bond donors (Lipinski definition) is 0. The SMILES string of the molecule is Cc1nnc(C2CN(S(=O)(=O)c3cccs3)CCO2)o1. The highest BCUT2D eigenvalue weighted by Crippen LogP contribution is 2.27. The van der Waals surface area contributed by atoms with E-state index in [1.807, 2.05) is 0 Å². The molecule has 3 heterocycles. The molecule has 0 aliphatic carbocycles. The molecule has 0 N–H and O–H groups in total. The van der Waals surface area contributed by atoms with Gasteiger partial charge in [0.1, 0.15) is 10.3 Å². The van der Waals surface area contributed by atoms with E-state index in [2.05, 4.69) is 10.2 Å². The number of morpholine rings is 1. The average Bonchev–Trinajstić information content (AvgIpc) is 3.10. The zero-order valence-electron chi connectivity index (χ0n) is 10.7. The minimum atomic E-state index is -3.47. The number of aryl methyl sites for hydroxylation is 1. The summed E-state index contributed by atoms with van der Waals surface area (Å²) in [7, 11) is -3.47. The highest BCUT2D eigenvalue weighted by atomic mass is 32.2. The first-order chi connectivity index (χ1) is 9.57. The molecule has 1 fully saturated rings. The molecule has 0 saturated carbocycles. The predicted octanol–water partition coefficient (Wildman–Crippen LogP) is 1.20. The van der Waals surface area contributed by atoms with Crippen molar-refractivity contribution >= 4 is 21.4 Å². The van der Waals surface area contributed by atoms with Crippen molar-refractivity contribution in [1.29, 1.82) is 0 Å². The Morgan fingerprint density at radius 3 is 2.95 bits per heavy atom. The number of thiophene rings is 1. The van der Waals surface area contributed by atoms with Gasteiger partial charge in [-0.25, -0.2) is 8.42 Å². The summed E-state index contributed by atoms with van der Waals surface area (Å²) >= 11 is 1.20. The summed E-state index contributed by atoms with van der Waals surface area (Å²) in [5, 5.41) is 9.37. The topological polar surface area (TPSA) is 85.5 Å². The summed E-state index contributed by atoms with van der Waals surface area (Å²) in [4.78, 5) is 0. The minimum absolute atomic E-state index is 0.182. The number of aromatic nitrogens is 2. The van der Waals surface area contributed by atoms with Gasteiger partial charge in [-0.05, 0) is 11.4 Å². The Bertz CT molecular complexity index is 680. The van der Waals surface area contributed by atoms with E-state index in [0.717, 1.165) is 0 Å². The molecule has 3 rings (SSSR count). The second kappa shape index (κ2) is 5.24. The van der Waals surface area contributed by atoms with Gasteiger partial charge in [-0.2, -0.15) is 4.31 Å². The fourth-order valence-corrected chi connectivity index (χ4v) is 4.54. The number of ether oxygens (including phenoxy) is 1. The van der Waals surface area contributed by atoms with Gasteiger partial charge in [-0.1, -0.05) is 6.07 Å². The van der Waals surface area contributed by atoms with Crippen LogP contribution in [0.1, 0.15) is 17.9 Å². The second-order valence-corrected chi connectivity index (χ2v) is 7.43. The van der Waals surface area contributed by atoms with E-state index < -0.39 is 16.1 Å². The number of nitrogens with zero attached hydrogens (tertiary/aromatic N) is 3. The van der Waals surface area contributed by atoms with Crippen LogP contribution in [0.2, 0.25) is 0 Å². The fourth-order valence-electron chi connectivity index (χ4n) is 1.97. The quantitative estimate of drug-likeness (QED) is 0.846. The van der Waals surface area contributed by atoms with Gasteiger partial charge in [0.05, 0.1) is 6.61 Å². The number of rotatable bonds is 3. The molecular formula is C11H13N3O4S2. The first kappa shape index (κ1) is 13.7. The standard InChI is InChI=1S/C11H13N3O4S2/c1-8-12-13-11(18-8)9-7-14(4-5-17-9)20(15,16)10-3-2-6-19-10/h2-3,6,9H,4-5,7H2,1H3. The molecular weight excluding hydrogens is 302 g/mol. The van der Waals surface area contributed by atoms with Crippen molar-refractivity contribution in [3.63, 3.8) is 0 Å². The van der Waals surface area contributed by atoms with Crippen LogP contribution in [0.3, 0.4) is 0 Å². The van der Waals surface area contributed by atoms with E-state index in [1.165, 1.54) is 15.6 Å². The summed E-state index contributed by atoms with van der Waals surface area (Å²) in [5.41, 5.74) is 0. The lowest BCUT2D eigenvalue weighted by Gasteiger charge is -2.29. The smallest absolute Gasteiger partial charge is 0.252 e. The molecule has 2 aromatic rings. The molecule has 1 aliphatic heterocycles. The molecule has 7 nitrogen and oxygen atoms in total. The molecule has 20 heavy (non-hydrogen) atoms. The van der Waals surface area contributed by atoms with Gasteiger partial charge in [0.15, 0.2) is 0 Å². The lowest BCUT2D eigenvalue weighted by molar-refractivity contribution is -0.0176. The van der Waals surface area contributed by atoms with Crippen LogP contribution in [0.4, 0.5) is 0 Å². The second-order valence-electron chi connectivity index (χ2n) is 4.31. The third-order valence-electron chi connectivity index (χ3n) is 2.94. The van der Waals surface area contributed by atoms with Crippen molar-refractivity contribution < 1.29 is 17.6 Å². The van der Waals surface area contributed by atoms with Crippen LogP contribution in [-0.2, 0) is 14.8 Å². The third kappa shape index (κ3) is 2.49. The van der Waals surface area contributed by atoms with Crippen LogP contribution in [0, 0.1) is 6.92 Å². The van der Waals surface area contributed by atoms with Gasteiger partial charge in [-0.3, -0.25) is 0 Å². The molecule has 108 valence electrons. The Balaban J connectivity index is 1.82. The highest BCUT2D eigenvalue weighted by molar-refractivity contribution is 7.91. The van der Waals surface area contributed by atoms with E-state index in [-0.39, 0.29) is 6.54 Å². The molecule has 1 atom stereocenters. The third-order valence-corrected chi connectivity index (χ3v) is 6.17. The molecule has 0 amide bonds. The van der Waals surface area contributed by atoms with Gasteiger partial charge < -0.3 is 9.15 Å². The van der Waals surface area contributed by atoms with E-state index in [9.17, 15) is 8.42 Å². The minimum Gasteiger partial charge on any atom is -0.423 e. The summed E-state index contributed by atoms with van der Waals surface area (Å²) in [5.74, 6) is 0.746. The molecule has 2 aromatic heterocycles. The zero-order chi connectivity index (χ0) is 14.2. The van der Waals surface area contributed by atoms with Crippen LogP contribution in [0.25, 0.3) is 0 Å². The fraction of sp³-hybridized carbons (Fsp3) is 0.455. The number of hydrogen-bond acceptors (Lipinski definition) is 7. The maximum absolute atomic E-state index is 12.4. The van der Waals surface area contributed by atoms with Crippen LogP contribution in [0.15, 0.2) is 26.1 Å². The Hall–Kier alpha value is -1.29. The maximum Gasteiger partial charge on any atom is 0.252 e. The Morgan fingerprint density at radius 2 is 2.30 bits per heavy atom. The first-order valence-corrected chi connectivity index (χ1v) is 8.34. The summed E-state index contributed by atoms with van der Waals surface area (Å²) < 4.78 is 37.4. The van der Waals surface area contributed by atoms with E-state index in [1.54, 1.807) is 24.4 Å². The van der Waals surface area contributed by atoms with Gasteiger partial charge in [0, 0.05) is 20.0 Å². The summed E-state index contributed by atoms with van der Waals surface area (Å²) in [6.45, 7) is 2.49. The normalized spacial score (nSPS) is 21.1. The molecule has 1 saturated heterocycles. The molecule has 1 unspecified atom stereocenters. The van der Waals surface area contributed by atoms with Crippen LogP contribution in [-0.4, -0.2) is 42.6 Å². The Morgan fingerprint density at radius 1 is 1.45 bits per heavy atom. The molecule has 0 spiro atoms. The van der Waals surface area contributed by atoms with Crippen molar-refractivity contribution in [1.82, 2.24) is 14.5 Å². The van der Waals surface area contributed by atoms with Crippen LogP contribution < -0.4 is 0 Å². The van der Waals surface area contributed by atoms with Crippen molar-refractivity contribution in [3.05, 3.63) is 29.3 Å². The van der Waals surface area contributed by atoms with Crippen molar-refractivity contribution in [3.8, 4) is 0 Å².